The molecule has 2 nitrogen and oxygen atoms in total. The minimum Gasteiger partial charge on any atom is -0.330 e. The third-order valence-electron chi connectivity index (χ3n) is 2.81. The van der Waals surface area contributed by atoms with E-state index in [1.54, 1.807) is 0 Å². The molecule has 1 aliphatic carbocycles. The van der Waals surface area contributed by atoms with Crippen LogP contribution in [0.15, 0.2) is 18.0 Å². The molecule has 14 heavy (non-hydrogen) atoms. The fourth-order valence-corrected chi connectivity index (χ4v) is 1.97. The minimum absolute atomic E-state index is 0.991. The van der Waals surface area contributed by atoms with Crippen LogP contribution in [0.25, 0.3) is 0 Å². The van der Waals surface area contributed by atoms with Gasteiger partial charge < -0.3 is 4.57 Å². The molecule has 0 saturated heterocycles. The Hall–Kier alpha value is -1.05. The molecule has 76 valence electrons. The average molecular weight is 190 g/mol. The van der Waals surface area contributed by atoms with Crippen molar-refractivity contribution in [1.82, 2.24) is 9.55 Å². The predicted octanol–water partition coefficient (Wildman–Crippen LogP) is 2.73. The van der Waals surface area contributed by atoms with E-state index in [9.17, 15) is 0 Å². The van der Waals surface area contributed by atoms with Crippen molar-refractivity contribution in [1.29, 1.82) is 0 Å². The lowest BCUT2D eigenvalue weighted by molar-refractivity contribution is 0.631. The molecule has 0 spiro atoms. The Bertz CT molecular complexity index is 343. The third kappa shape index (κ3) is 1.89. The van der Waals surface area contributed by atoms with Crippen LogP contribution in [0.2, 0.25) is 0 Å². The molecule has 0 bridgehead atoms. The highest BCUT2D eigenvalue weighted by Gasteiger charge is 2.13. The summed E-state index contributed by atoms with van der Waals surface area (Å²) in [5, 5.41) is 0. The lowest BCUT2D eigenvalue weighted by Gasteiger charge is -2.12. The van der Waals surface area contributed by atoms with E-state index in [-0.39, 0.29) is 0 Å². The van der Waals surface area contributed by atoms with Gasteiger partial charge in [-0.1, -0.05) is 11.6 Å². The molecule has 0 N–H and O–H groups in total. The number of allylic oxidation sites excluding steroid dienone is 2. The summed E-state index contributed by atoms with van der Waals surface area (Å²) in [7, 11) is 0. The van der Waals surface area contributed by atoms with Crippen LogP contribution >= 0.6 is 0 Å². The number of aryl methyl sites for hydroxylation is 1. The molecule has 1 aromatic heterocycles. The van der Waals surface area contributed by atoms with Crippen molar-refractivity contribution in [2.45, 2.75) is 46.1 Å². The molecule has 1 heterocycles. The number of rotatable bonds is 2. The summed E-state index contributed by atoms with van der Waals surface area (Å²) in [5.41, 5.74) is 4.18. The number of nitrogens with zero attached hydrogens (tertiary/aromatic N) is 2. The van der Waals surface area contributed by atoms with Crippen LogP contribution in [0.1, 0.15) is 38.1 Å². The van der Waals surface area contributed by atoms with Crippen molar-refractivity contribution in [3.63, 3.8) is 0 Å². The van der Waals surface area contributed by atoms with Gasteiger partial charge >= 0.3 is 0 Å². The molecule has 2 rings (SSSR count). The normalized spacial score (nSPS) is 15.0. The first kappa shape index (κ1) is 9.50. The lowest BCUT2D eigenvalue weighted by Crippen LogP contribution is -2.07. The maximum Gasteiger partial charge on any atom is 0.0954 e. The Morgan fingerprint density at radius 3 is 3.00 bits per heavy atom. The van der Waals surface area contributed by atoms with Crippen molar-refractivity contribution in [3.05, 3.63) is 29.4 Å². The predicted molar refractivity (Wildman–Crippen MR) is 58.3 cm³/mol. The van der Waals surface area contributed by atoms with E-state index in [1.807, 2.05) is 6.33 Å². The monoisotopic (exact) mass is 190 g/mol. The fourth-order valence-electron chi connectivity index (χ4n) is 1.97. The van der Waals surface area contributed by atoms with Gasteiger partial charge in [-0.15, -0.1) is 0 Å². The Morgan fingerprint density at radius 2 is 2.21 bits per heavy atom. The SMILES string of the molecule is CC(C)=CCn1cnc2c1CCCC2. The van der Waals surface area contributed by atoms with Gasteiger partial charge in [-0.2, -0.15) is 0 Å². The summed E-state index contributed by atoms with van der Waals surface area (Å²) >= 11 is 0. The van der Waals surface area contributed by atoms with Gasteiger partial charge in [-0.25, -0.2) is 4.98 Å². The molecule has 1 aliphatic rings. The highest BCUT2D eigenvalue weighted by Crippen LogP contribution is 2.19. The summed E-state index contributed by atoms with van der Waals surface area (Å²) in [4.78, 5) is 4.47. The molecule has 0 aromatic carbocycles. The first-order valence-corrected chi connectivity index (χ1v) is 5.43. The van der Waals surface area contributed by atoms with Gasteiger partial charge in [-0.3, -0.25) is 0 Å². The molecule has 0 amide bonds. The molecular formula is C12H18N2. The largest absolute Gasteiger partial charge is 0.330 e. The van der Waals surface area contributed by atoms with Gasteiger partial charge in [0.2, 0.25) is 0 Å². The summed E-state index contributed by atoms with van der Waals surface area (Å²) in [6, 6.07) is 0. The van der Waals surface area contributed by atoms with Crippen LogP contribution in [0.3, 0.4) is 0 Å². The maximum absolute atomic E-state index is 4.47. The van der Waals surface area contributed by atoms with Crippen LogP contribution in [0.5, 0.6) is 0 Å². The first-order chi connectivity index (χ1) is 6.77. The smallest absolute Gasteiger partial charge is 0.0954 e. The Morgan fingerprint density at radius 1 is 1.43 bits per heavy atom. The minimum atomic E-state index is 0.991. The third-order valence-corrected chi connectivity index (χ3v) is 2.81. The first-order valence-electron chi connectivity index (χ1n) is 5.43. The van der Waals surface area contributed by atoms with E-state index in [1.165, 1.54) is 42.6 Å². The topological polar surface area (TPSA) is 17.8 Å². The van der Waals surface area contributed by atoms with Crippen LogP contribution < -0.4 is 0 Å². The average Bonchev–Trinajstić information content (AvgIpc) is 2.58. The Balaban J connectivity index is 2.18. The Labute approximate surface area is 85.7 Å². The van der Waals surface area contributed by atoms with Crippen LogP contribution in [-0.4, -0.2) is 9.55 Å². The molecule has 2 heteroatoms. The van der Waals surface area contributed by atoms with Gasteiger partial charge in [0.15, 0.2) is 0 Å². The molecule has 0 aliphatic heterocycles. The van der Waals surface area contributed by atoms with E-state index in [2.05, 4.69) is 29.5 Å². The molecule has 0 saturated carbocycles. The van der Waals surface area contributed by atoms with Gasteiger partial charge in [-0.05, 0) is 39.5 Å². The van der Waals surface area contributed by atoms with E-state index in [4.69, 9.17) is 0 Å². The van der Waals surface area contributed by atoms with E-state index < -0.39 is 0 Å². The van der Waals surface area contributed by atoms with Crippen LogP contribution in [0, 0.1) is 0 Å². The molecule has 0 unspecified atom stereocenters. The molecular weight excluding hydrogens is 172 g/mol. The zero-order valence-electron chi connectivity index (χ0n) is 9.08. The van der Waals surface area contributed by atoms with Crippen molar-refractivity contribution in [2.75, 3.05) is 0 Å². The number of imidazole rings is 1. The quantitative estimate of drug-likeness (QED) is 0.656. The molecule has 0 atom stereocenters. The van der Waals surface area contributed by atoms with Gasteiger partial charge in [0.05, 0.1) is 12.0 Å². The van der Waals surface area contributed by atoms with Crippen LogP contribution in [0.4, 0.5) is 0 Å². The van der Waals surface area contributed by atoms with Gasteiger partial charge in [0.25, 0.3) is 0 Å². The zero-order chi connectivity index (χ0) is 9.97. The van der Waals surface area contributed by atoms with Gasteiger partial charge in [0.1, 0.15) is 0 Å². The van der Waals surface area contributed by atoms with Crippen LogP contribution in [-0.2, 0) is 19.4 Å². The van der Waals surface area contributed by atoms with Crippen molar-refractivity contribution in [2.24, 2.45) is 0 Å². The number of hydrogen-bond donors (Lipinski definition) is 0. The standard InChI is InChI=1S/C12H18N2/c1-10(2)7-8-14-9-13-11-5-3-4-6-12(11)14/h7,9H,3-6,8H2,1-2H3. The highest BCUT2D eigenvalue weighted by molar-refractivity contribution is 5.17. The van der Waals surface area contributed by atoms with Crippen molar-refractivity contribution < 1.29 is 0 Å². The lowest BCUT2D eigenvalue weighted by atomic mass is 10.0. The van der Waals surface area contributed by atoms with E-state index in [0.29, 0.717) is 0 Å². The second kappa shape index (κ2) is 3.99. The summed E-state index contributed by atoms with van der Waals surface area (Å²) < 4.78 is 2.29. The Kier molecular flexibility index (Phi) is 2.71. The molecule has 1 aromatic rings. The summed E-state index contributed by atoms with van der Waals surface area (Å²) in [6.07, 6.45) is 9.29. The van der Waals surface area contributed by atoms with Crippen molar-refractivity contribution in [3.8, 4) is 0 Å². The highest BCUT2D eigenvalue weighted by atomic mass is 15.1. The number of hydrogen-bond acceptors (Lipinski definition) is 1. The summed E-state index contributed by atoms with van der Waals surface area (Å²) in [5.74, 6) is 0. The number of aromatic nitrogens is 2. The second-order valence-electron chi connectivity index (χ2n) is 4.28. The van der Waals surface area contributed by atoms with Crippen molar-refractivity contribution >= 4 is 0 Å². The molecule has 0 fully saturated rings. The maximum atomic E-state index is 4.47. The van der Waals surface area contributed by atoms with Gasteiger partial charge in [0, 0.05) is 12.2 Å². The van der Waals surface area contributed by atoms with E-state index >= 15 is 0 Å². The zero-order valence-corrected chi connectivity index (χ0v) is 9.08. The van der Waals surface area contributed by atoms with E-state index in [0.717, 1.165) is 6.54 Å². The molecule has 0 radical (unpaired) electrons. The summed E-state index contributed by atoms with van der Waals surface area (Å²) in [6.45, 7) is 5.28. The number of fused-ring (bicyclic) bond motifs is 1. The fraction of sp³-hybridized carbons (Fsp3) is 0.583. The second-order valence-corrected chi connectivity index (χ2v) is 4.28.